The van der Waals surface area contributed by atoms with Gasteiger partial charge in [0.15, 0.2) is 0 Å². The molecule has 0 saturated carbocycles. The summed E-state index contributed by atoms with van der Waals surface area (Å²) in [6.07, 6.45) is -0.609. The van der Waals surface area contributed by atoms with Gasteiger partial charge >= 0.3 is 0 Å². The van der Waals surface area contributed by atoms with Gasteiger partial charge < -0.3 is 15.7 Å². The van der Waals surface area contributed by atoms with Gasteiger partial charge in [0.2, 0.25) is 5.91 Å². The van der Waals surface area contributed by atoms with Gasteiger partial charge in [0.1, 0.15) is 0 Å². The molecule has 1 rings (SSSR count). The van der Waals surface area contributed by atoms with Crippen LogP contribution in [-0.4, -0.2) is 30.6 Å². The van der Waals surface area contributed by atoms with Crippen LogP contribution in [-0.2, 0) is 4.79 Å². The highest BCUT2D eigenvalue weighted by molar-refractivity contribution is 9.10. The average molecular weight is 301 g/mol. The first-order chi connectivity index (χ1) is 8.13. The van der Waals surface area contributed by atoms with E-state index >= 15 is 0 Å². The molecule has 1 unspecified atom stereocenters. The first-order valence-electron chi connectivity index (χ1n) is 5.54. The molecular formula is C12H17BrN2O2. The van der Waals surface area contributed by atoms with Crippen molar-refractivity contribution in [2.24, 2.45) is 0 Å². The summed E-state index contributed by atoms with van der Waals surface area (Å²) >= 11 is 3.35. The van der Waals surface area contributed by atoms with E-state index in [1.54, 1.807) is 0 Å². The van der Waals surface area contributed by atoms with Gasteiger partial charge in [-0.3, -0.25) is 4.79 Å². The van der Waals surface area contributed by atoms with E-state index in [1.165, 1.54) is 0 Å². The Morgan fingerprint density at radius 1 is 1.53 bits per heavy atom. The van der Waals surface area contributed by atoms with E-state index in [4.69, 9.17) is 0 Å². The zero-order chi connectivity index (χ0) is 12.7. The molecule has 0 saturated heterocycles. The highest BCUT2D eigenvalue weighted by Gasteiger charge is 2.08. The molecule has 1 amide bonds. The summed E-state index contributed by atoms with van der Waals surface area (Å²) in [4.78, 5) is 11.2. The maximum Gasteiger partial charge on any atom is 0.233 e. The van der Waals surface area contributed by atoms with Crippen molar-refractivity contribution in [3.8, 4) is 0 Å². The van der Waals surface area contributed by atoms with Crippen molar-refractivity contribution >= 4 is 21.8 Å². The lowest BCUT2D eigenvalue weighted by molar-refractivity contribution is -0.120. The largest absolute Gasteiger partial charge is 0.387 e. The number of carbonyl (C=O) groups is 1. The van der Waals surface area contributed by atoms with Crippen LogP contribution in [0.15, 0.2) is 28.7 Å². The molecule has 3 N–H and O–H groups in total. The van der Waals surface area contributed by atoms with Crippen molar-refractivity contribution in [1.82, 2.24) is 10.6 Å². The highest BCUT2D eigenvalue weighted by Crippen LogP contribution is 2.17. The third kappa shape index (κ3) is 5.30. The van der Waals surface area contributed by atoms with Gasteiger partial charge in [-0.2, -0.15) is 0 Å². The summed E-state index contributed by atoms with van der Waals surface area (Å²) < 4.78 is 0.928. The smallest absolute Gasteiger partial charge is 0.233 e. The zero-order valence-corrected chi connectivity index (χ0v) is 11.3. The monoisotopic (exact) mass is 300 g/mol. The number of likely N-dealkylation sites (N-methyl/N-ethyl adjacent to an activating group) is 1. The van der Waals surface area contributed by atoms with Crippen LogP contribution in [0, 0.1) is 0 Å². The zero-order valence-electron chi connectivity index (χ0n) is 9.74. The molecule has 0 radical (unpaired) electrons. The van der Waals surface area contributed by atoms with Crippen molar-refractivity contribution < 1.29 is 9.90 Å². The second kappa shape index (κ2) is 7.42. The van der Waals surface area contributed by atoms with Crippen molar-refractivity contribution in [2.75, 3.05) is 19.6 Å². The van der Waals surface area contributed by atoms with Gasteiger partial charge in [-0.05, 0) is 24.6 Å². The molecule has 0 aliphatic heterocycles. The standard InChI is InChI=1S/C12H17BrN2O2/c1-2-15-12(17)8-14-7-11(16)9-4-3-5-10(13)6-9/h3-6,11,14,16H,2,7-8H2,1H3,(H,15,17). The molecule has 0 bridgehead atoms. The number of benzene rings is 1. The molecule has 0 fully saturated rings. The lowest BCUT2D eigenvalue weighted by Gasteiger charge is -2.12. The lowest BCUT2D eigenvalue weighted by Crippen LogP contribution is -2.35. The third-order valence-corrected chi connectivity index (χ3v) is 2.72. The van der Waals surface area contributed by atoms with Crippen LogP contribution in [0.5, 0.6) is 0 Å². The first-order valence-corrected chi connectivity index (χ1v) is 6.33. The maximum atomic E-state index is 11.2. The van der Waals surface area contributed by atoms with E-state index in [0.29, 0.717) is 13.1 Å². The van der Waals surface area contributed by atoms with Gasteiger partial charge in [-0.25, -0.2) is 0 Å². The summed E-state index contributed by atoms with van der Waals surface area (Å²) in [5.74, 6) is -0.0612. The fraction of sp³-hybridized carbons (Fsp3) is 0.417. The van der Waals surface area contributed by atoms with Gasteiger partial charge in [-0.15, -0.1) is 0 Å². The minimum atomic E-state index is -0.609. The molecule has 0 heterocycles. The van der Waals surface area contributed by atoms with E-state index in [9.17, 15) is 9.90 Å². The van der Waals surface area contributed by atoms with Gasteiger partial charge in [-0.1, -0.05) is 28.1 Å². The Balaban J connectivity index is 2.35. The van der Waals surface area contributed by atoms with Crippen LogP contribution in [0.2, 0.25) is 0 Å². The number of nitrogens with one attached hydrogen (secondary N) is 2. The molecule has 0 spiro atoms. The molecule has 0 aliphatic rings. The Morgan fingerprint density at radius 2 is 2.29 bits per heavy atom. The fourth-order valence-electron chi connectivity index (χ4n) is 1.41. The molecule has 4 nitrogen and oxygen atoms in total. The summed E-state index contributed by atoms with van der Waals surface area (Å²) in [5, 5.41) is 15.5. The van der Waals surface area contributed by atoms with E-state index in [-0.39, 0.29) is 12.5 Å². The minimum Gasteiger partial charge on any atom is -0.387 e. The minimum absolute atomic E-state index is 0.0612. The average Bonchev–Trinajstić information content (AvgIpc) is 2.29. The number of aliphatic hydroxyl groups is 1. The summed E-state index contributed by atoms with van der Waals surface area (Å²) in [5.41, 5.74) is 0.822. The van der Waals surface area contributed by atoms with Crippen LogP contribution in [0.1, 0.15) is 18.6 Å². The molecule has 1 atom stereocenters. The van der Waals surface area contributed by atoms with Crippen LogP contribution in [0.3, 0.4) is 0 Å². The number of aliphatic hydroxyl groups excluding tert-OH is 1. The van der Waals surface area contributed by atoms with Crippen LogP contribution in [0.25, 0.3) is 0 Å². The predicted octanol–water partition coefficient (Wildman–Crippen LogP) is 1.21. The normalized spacial score (nSPS) is 12.2. The van der Waals surface area contributed by atoms with Gasteiger partial charge in [0.25, 0.3) is 0 Å². The molecule has 1 aromatic carbocycles. The SMILES string of the molecule is CCNC(=O)CNCC(O)c1cccc(Br)c1. The maximum absolute atomic E-state index is 11.2. The number of hydrogen-bond acceptors (Lipinski definition) is 3. The van der Waals surface area contributed by atoms with Gasteiger partial charge in [0, 0.05) is 17.6 Å². The van der Waals surface area contributed by atoms with Crippen molar-refractivity contribution in [3.05, 3.63) is 34.3 Å². The molecule has 17 heavy (non-hydrogen) atoms. The van der Waals surface area contributed by atoms with Crippen LogP contribution >= 0.6 is 15.9 Å². The molecule has 0 aromatic heterocycles. The van der Waals surface area contributed by atoms with E-state index in [1.807, 2.05) is 31.2 Å². The molecule has 1 aromatic rings. The number of carbonyl (C=O) groups excluding carboxylic acids is 1. The van der Waals surface area contributed by atoms with E-state index < -0.39 is 6.10 Å². The van der Waals surface area contributed by atoms with Gasteiger partial charge in [0.05, 0.1) is 12.6 Å². The lowest BCUT2D eigenvalue weighted by atomic mass is 10.1. The Bertz CT molecular complexity index is 371. The first kappa shape index (κ1) is 14.2. The number of rotatable bonds is 6. The van der Waals surface area contributed by atoms with E-state index in [2.05, 4.69) is 26.6 Å². The predicted molar refractivity (Wildman–Crippen MR) is 70.7 cm³/mol. The third-order valence-electron chi connectivity index (χ3n) is 2.23. The quantitative estimate of drug-likeness (QED) is 0.740. The Morgan fingerprint density at radius 3 is 2.94 bits per heavy atom. The van der Waals surface area contributed by atoms with Crippen LogP contribution < -0.4 is 10.6 Å². The molecule has 0 aliphatic carbocycles. The van der Waals surface area contributed by atoms with Crippen LogP contribution in [0.4, 0.5) is 0 Å². The fourth-order valence-corrected chi connectivity index (χ4v) is 1.83. The molecule has 5 heteroatoms. The number of hydrogen-bond donors (Lipinski definition) is 3. The summed E-state index contributed by atoms with van der Waals surface area (Å²) in [7, 11) is 0. The van der Waals surface area contributed by atoms with Crippen molar-refractivity contribution in [2.45, 2.75) is 13.0 Å². The summed E-state index contributed by atoms with van der Waals surface area (Å²) in [6.45, 7) is 3.06. The van der Waals surface area contributed by atoms with Crippen molar-refractivity contribution in [3.63, 3.8) is 0 Å². The molecule has 94 valence electrons. The topological polar surface area (TPSA) is 61.4 Å². The van der Waals surface area contributed by atoms with Crippen molar-refractivity contribution in [1.29, 1.82) is 0 Å². The Kier molecular flexibility index (Phi) is 6.18. The highest BCUT2D eigenvalue weighted by atomic mass is 79.9. The second-order valence-electron chi connectivity index (χ2n) is 3.66. The Hall–Kier alpha value is -0.910. The van der Waals surface area contributed by atoms with E-state index in [0.717, 1.165) is 10.0 Å². The number of halogens is 1. The summed E-state index contributed by atoms with van der Waals surface area (Å²) in [6, 6.07) is 7.48. The Labute approximate surface area is 110 Å². The number of amides is 1. The molecular weight excluding hydrogens is 284 g/mol. The second-order valence-corrected chi connectivity index (χ2v) is 4.57.